The van der Waals surface area contributed by atoms with Crippen molar-refractivity contribution in [1.29, 1.82) is 0 Å². The summed E-state index contributed by atoms with van der Waals surface area (Å²) >= 11 is 0. The molecule has 0 aromatic carbocycles. The highest BCUT2D eigenvalue weighted by molar-refractivity contribution is 7.79. The normalized spacial score (nSPS) is 14.7. The third-order valence-electron chi connectivity index (χ3n) is 1.10. The van der Waals surface area contributed by atoms with Gasteiger partial charge in [0, 0.05) is 12.3 Å². The van der Waals surface area contributed by atoms with Crippen LogP contribution in [0.1, 0.15) is 20.8 Å². The predicted octanol–water partition coefficient (Wildman–Crippen LogP) is 2.46. The summed E-state index contributed by atoms with van der Waals surface area (Å²) in [5.74, 6) is 0. The van der Waals surface area contributed by atoms with E-state index in [1.54, 1.807) is 26.5 Å². The Hall–Kier alpha value is -0.430. The lowest BCUT2D eigenvalue weighted by Gasteiger charge is -2.07. The van der Waals surface area contributed by atoms with Crippen molar-refractivity contribution in [3.63, 3.8) is 0 Å². The molecule has 0 aliphatic rings. The zero-order valence-corrected chi connectivity index (χ0v) is 9.30. The van der Waals surface area contributed by atoms with E-state index < -0.39 is 7.14 Å². The minimum Gasteiger partial charge on any atom is -0.316 e. The second kappa shape index (κ2) is 4.56. The zero-order chi connectivity index (χ0) is 9.78. The Kier molecular flexibility index (Phi) is 4.40. The van der Waals surface area contributed by atoms with Crippen LogP contribution in [0.3, 0.4) is 0 Å². The van der Waals surface area contributed by atoms with Gasteiger partial charge in [0.2, 0.25) is 0 Å². The van der Waals surface area contributed by atoms with Crippen LogP contribution < -0.4 is 0 Å². The molecule has 0 unspecified atom stereocenters. The third-order valence-corrected chi connectivity index (χ3v) is 2.29. The summed E-state index contributed by atoms with van der Waals surface area (Å²) in [6, 6.07) is 0.150. The third kappa shape index (κ3) is 4.45. The highest BCUT2D eigenvalue weighted by Crippen LogP contribution is 2.38. The molecule has 0 bridgehead atoms. The molecule has 70 valence electrons. The molecule has 3 nitrogen and oxygen atoms in total. The molecule has 0 saturated carbocycles. The molecule has 4 heteroatoms. The van der Waals surface area contributed by atoms with Crippen LogP contribution in [0, 0.1) is 0 Å². The molecule has 0 fully saturated rings. The summed E-state index contributed by atoms with van der Waals surface area (Å²) in [4.78, 5) is 8.19. The second-order valence-electron chi connectivity index (χ2n) is 3.26. The lowest BCUT2D eigenvalue weighted by atomic mass is 10.4. The van der Waals surface area contributed by atoms with Crippen LogP contribution in [0.25, 0.3) is 0 Å². The van der Waals surface area contributed by atoms with Gasteiger partial charge in [-0.2, -0.15) is 0 Å². The first-order chi connectivity index (χ1) is 5.38. The van der Waals surface area contributed by atoms with Crippen LogP contribution in [0.4, 0.5) is 0 Å². The maximum absolute atomic E-state index is 11.6. The van der Waals surface area contributed by atoms with Crippen molar-refractivity contribution >= 4 is 18.9 Å². The summed E-state index contributed by atoms with van der Waals surface area (Å²) in [6.45, 7) is 9.05. The van der Waals surface area contributed by atoms with Crippen LogP contribution in [0.5, 0.6) is 0 Å². The molecule has 0 spiro atoms. The Morgan fingerprint density at radius 2 is 1.92 bits per heavy atom. The quantitative estimate of drug-likeness (QED) is 0.373. The van der Waals surface area contributed by atoms with E-state index in [2.05, 4.69) is 9.98 Å². The van der Waals surface area contributed by atoms with Crippen LogP contribution in [-0.2, 0) is 4.57 Å². The van der Waals surface area contributed by atoms with Crippen molar-refractivity contribution in [2.75, 3.05) is 13.3 Å². The number of nitrogens with zero attached hydrogens (tertiary/aromatic N) is 2. The van der Waals surface area contributed by atoms with Gasteiger partial charge in [-0.3, -0.25) is 4.99 Å². The topological polar surface area (TPSA) is 41.8 Å². The highest BCUT2D eigenvalue weighted by Gasteiger charge is 2.15. The van der Waals surface area contributed by atoms with E-state index in [0.29, 0.717) is 5.58 Å². The summed E-state index contributed by atoms with van der Waals surface area (Å²) in [7, 11) is -2.29. The van der Waals surface area contributed by atoms with Gasteiger partial charge in [0.25, 0.3) is 0 Å². The summed E-state index contributed by atoms with van der Waals surface area (Å²) < 4.78 is 11.6. The van der Waals surface area contributed by atoms with Crippen molar-refractivity contribution in [2.45, 2.75) is 26.8 Å². The van der Waals surface area contributed by atoms with Crippen molar-refractivity contribution < 1.29 is 4.57 Å². The molecule has 0 amide bonds. The van der Waals surface area contributed by atoms with Gasteiger partial charge < -0.3 is 4.57 Å². The lowest BCUT2D eigenvalue weighted by molar-refractivity contribution is 0.589. The van der Waals surface area contributed by atoms with Gasteiger partial charge in [-0.1, -0.05) is 0 Å². The predicted molar refractivity (Wildman–Crippen MR) is 56.2 cm³/mol. The molecule has 0 aliphatic heterocycles. The smallest absolute Gasteiger partial charge is 0.183 e. The molecule has 0 aromatic heterocycles. The van der Waals surface area contributed by atoms with Crippen molar-refractivity contribution in [3.8, 4) is 0 Å². The number of hydrogen-bond acceptors (Lipinski definition) is 2. The molecular formula is C8H17N2OP. The number of amidine groups is 1. The van der Waals surface area contributed by atoms with Crippen molar-refractivity contribution in [2.24, 2.45) is 9.98 Å². The average Bonchev–Trinajstić information content (AvgIpc) is 1.83. The first-order valence-electron chi connectivity index (χ1n) is 4.00. The van der Waals surface area contributed by atoms with Gasteiger partial charge in [0.1, 0.15) is 7.14 Å². The molecular weight excluding hydrogens is 171 g/mol. The maximum atomic E-state index is 11.6. The Morgan fingerprint density at radius 1 is 1.42 bits per heavy atom. The number of hydrogen-bond donors (Lipinski definition) is 0. The van der Waals surface area contributed by atoms with E-state index in [0.717, 1.165) is 0 Å². The molecule has 12 heavy (non-hydrogen) atoms. The molecule has 0 heterocycles. The van der Waals surface area contributed by atoms with Gasteiger partial charge in [0.15, 0.2) is 5.58 Å². The van der Waals surface area contributed by atoms with Gasteiger partial charge in [-0.25, -0.2) is 4.99 Å². The average molecular weight is 188 g/mol. The van der Waals surface area contributed by atoms with Gasteiger partial charge in [0.05, 0.1) is 0 Å². The first kappa shape index (κ1) is 11.6. The molecule has 0 aliphatic carbocycles. The van der Waals surface area contributed by atoms with Crippen LogP contribution in [0.15, 0.2) is 9.98 Å². The Bertz CT molecular complexity index is 237. The fraction of sp³-hybridized carbons (Fsp3) is 0.750. The molecule has 0 aromatic rings. The van der Waals surface area contributed by atoms with Gasteiger partial charge >= 0.3 is 0 Å². The lowest BCUT2D eigenvalue weighted by Crippen LogP contribution is -2.00. The summed E-state index contributed by atoms with van der Waals surface area (Å²) in [6.07, 6.45) is 1.63. The van der Waals surface area contributed by atoms with E-state index in [1.807, 2.05) is 13.8 Å². The van der Waals surface area contributed by atoms with Crippen LogP contribution in [-0.4, -0.2) is 31.2 Å². The SMILES string of the molecule is C/C=N\C(=N/C(C)C)P(C)(C)=O. The molecule has 0 atom stereocenters. The molecule has 0 radical (unpaired) electrons. The van der Waals surface area contributed by atoms with E-state index in [1.165, 1.54) is 0 Å². The largest absolute Gasteiger partial charge is 0.316 e. The Morgan fingerprint density at radius 3 is 2.17 bits per heavy atom. The second-order valence-corrected chi connectivity index (χ2v) is 6.36. The first-order valence-corrected chi connectivity index (χ1v) is 6.60. The van der Waals surface area contributed by atoms with Crippen molar-refractivity contribution in [3.05, 3.63) is 0 Å². The van der Waals surface area contributed by atoms with E-state index >= 15 is 0 Å². The monoisotopic (exact) mass is 188 g/mol. The van der Waals surface area contributed by atoms with Gasteiger partial charge in [-0.05, 0) is 34.1 Å². The standard InChI is InChI=1S/C8H17N2OP/c1-6-9-8(10-7(2)3)12(4,5)11/h6-7H,1-5H3/b9-6-,10-8+. The maximum Gasteiger partial charge on any atom is 0.183 e. The van der Waals surface area contributed by atoms with Crippen LogP contribution >= 0.6 is 7.14 Å². The number of rotatable bonds is 2. The Labute approximate surface area is 74.4 Å². The van der Waals surface area contributed by atoms with E-state index in [4.69, 9.17) is 0 Å². The van der Waals surface area contributed by atoms with E-state index in [-0.39, 0.29) is 6.04 Å². The summed E-state index contributed by atoms with van der Waals surface area (Å²) in [5.41, 5.74) is 0.486. The summed E-state index contributed by atoms with van der Waals surface area (Å²) in [5, 5.41) is 0. The fourth-order valence-electron chi connectivity index (χ4n) is 0.658. The van der Waals surface area contributed by atoms with Crippen LogP contribution in [0.2, 0.25) is 0 Å². The molecule has 0 saturated heterocycles. The molecule has 0 rings (SSSR count). The highest BCUT2D eigenvalue weighted by atomic mass is 31.2. The fourth-order valence-corrected chi connectivity index (χ4v) is 1.56. The number of aliphatic imine (C=N–C) groups is 2. The minimum absolute atomic E-state index is 0.150. The van der Waals surface area contributed by atoms with E-state index in [9.17, 15) is 4.57 Å². The minimum atomic E-state index is -2.29. The zero-order valence-electron chi connectivity index (χ0n) is 8.40. The Balaban J connectivity index is 4.80. The van der Waals surface area contributed by atoms with Crippen molar-refractivity contribution in [1.82, 2.24) is 0 Å². The van der Waals surface area contributed by atoms with Gasteiger partial charge in [-0.15, -0.1) is 0 Å². The molecule has 0 N–H and O–H groups in total.